The Balaban J connectivity index is 0.00000194. The van der Waals surface area contributed by atoms with Crippen LogP contribution in [0.1, 0.15) is 40.3 Å². The molecule has 0 bridgehead atoms. The summed E-state index contributed by atoms with van der Waals surface area (Å²) in [6.07, 6.45) is -3.23. The average molecular weight is 631 g/mol. The van der Waals surface area contributed by atoms with Gasteiger partial charge in [0.15, 0.2) is 0 Å². The van der Waals surface area contributed by atoms with Crippen LogP contribution in [-0.4, -0.2) is 63.7 Å². The monoisotopic (exact) mass is 629 g/mol. The average Bonchev–Trinajstić information content (AvgIpc) is 3.13. The summed E-state index contributed by atoms with van der Waals surface area (Å²) in [4.78, 5) is 51.2. The fourth-order valence-corrected chi connectivity index (χ4v) is 6.99. The van der Waals surface area contributed by atoms with Crippen molar-refractivity contribution in [1.82, 2.24) is 25.1 Å². The number of hydrogen-bond acceptors (Lipinski definition) is 7. The number of nitrogens with zero attached hydrogens (tertiary/aromatic N) is 4. The second-order valence-corrected chi connectivity index (χ2v) is 12.0. The maximum Gasteiger partial charge on any atom is 0.433 e. The summed E-state index contributed by atoms with van der Waals surface area (Å²) in [6, 6.07) is 4.20. The molecule has 3 aromatic rings. The molecule has 1 saturated carbocycles. The van der Waals surface area contributed by atoms with Crippen LogP contribution in [0.5, 0.6) is 0 Å². The molecule has 2 atom stereocenters. The first-order valence-corrected chi connectivity index (χ1v) is 13.5. The van der Waals surface area contributed by atoms with Gasteiger partial charge < -0.3 is 10.2 Å². The van der Waals surface area contributed by atoms with Gasteiger partial charge in [-0.2, -0.15) is 13.2 Å². The van der Waals surface area contributed by atoms with Crippen molar-refractivity contribution in [2.45, 2.75) is 33.5 Å². The van der Waals surface area contributed by atoms with Crippen molar-refractivity contribution in [3.8, 4) is 11.3 Å². The van der Waals surface area contributed by atoms with Crippen LogP contribution in [-0.2, 0) is 22.3 Å². The summed E-state index contributed by atoms with van der Waals surface area (Å²) in [6.45, 7) is 7.44. The Labute approximate surface area is 250 Å². The molecule has 3 aliphatic rings. The van der Waals surface area contributed by atoms with Crippen molar-refractivity contribution in [2.75, 3.05) is 26.2 Å². The Morgan fingerprint density at radius 1 is 1.12 bits per heavy atom. The molecule has 3 aromatic heterocycles. The van der Waals surface area contributed by atoms with E-state index in [0.29, 0.717) is 46.8 Å². The zero-order valence-electron chi connectivity index (χ0n) is 22.4. The molecule has 0 aromatic carbocycles. The number of carbonyl (C=O) groups excluding carboxylic acids is 3. The SMILES string of the molecule is Cc1cc(C(F)(F)F)nc(-c2ccnc3cc(CN4C(=O)C5C(C4=O)C5(C)C)sc23)c1C(=O)N1CCNCC1.Cl.Cl. The molecular formula is C27H28Cl2F3N5O3S. The summed E-state index contributed by atoms with van der Waals surface area (Å²) in [5, 5.41) is 3.17. The number of fused-ring (bicyclic) bond motifs is 2. The van der Waals surface area contributed by atoms with Gasteiger partial charge in [0.05, 0.1) is 39.9 Å². The highest BCUT2D eigenvalue weighted by Crippen LogP contribution is 2.63. The van der Waals surface area contributed by atoms with Gasteiger partial charge >= 0.3 is 6.18 Å². The molecule has 2 aliphatic heterocycles. The second kappa shape index (κ2) is 10.8. The Morgan fingerprint density at radius 3 is 2.37 bits per heavy atom. The molecule has 0 spiro atoms. The lowest BCUT2D eigenvalue weighted by Crippen LogP contribution is -2.46. The van der Waals surface area contributed by atoms with E-state index < -0.39 is 11.9 Å². The van der Waals surface area contributed by atoms with E-state index in [2.05, 4.69) is 15.3 Å². The number of rotatable bonds is 4. The second-order valence-electron chi connectivity index (χ2n) is 10.9. The predicted octanol–water partition coefficient (Wildman–Crippen LogP) is 4.72. The van der Waals surface area contributed by atoms with E-state index in [0.717, 1.165) is 6.07 Å². The molecule has 2 saturated heterocycles. The highest BCUT2D eigenvalue weighted by atomic mass is 35.5. The number of halogens is 5. The third kappa shape index (κ3) is 5.09. The standard InChI is InChI=1S/C27H26F3N5O3S.2ClH/c1-13-10-17(27(28,29)30)33-21(18(13)23(36)34-8-6-31-7-9-34)15-4-5-32-16-11-14(39-22(15)16)12-35-24(37)19-20(25(35)38)26(19,2)3;;/h4-5,10-11,19-20,31H,6-9,12H2,1-3H3;2*1H. The number of likely N-dealkylation sites (tertiary alicyclic amines) is 1. The van der Waals surface area contributed by atoms with E-state index >= 15 is 0 Å². The predicted molar refractivity (Wildman–Crippen MR) is 152 cm³/mol. The Kier molecular flexibility index (Phi) is 8.20. The van der Waals surface area contributed by atoms with Gasteiger partial charge in [-0.15, -0.1) is 36.2 Å². The number of pyridine rings is 2. The van der Waals surface area contributed by atoms with Gasteiger partial charge in [-0.1, -0.05) is 13.8 Å². The van der Waals surface area contributed by atoms with Crippen LogP contribution in [0.3, 0.4) is 0 Å². The van der Waals surface area contributed by atoms with Gasteiger partial charge in [-0.05, 0) is 36.1 Å². The largest absolute Gasteiger partial charge is 0.433 e. The summed E-state index contributed by atoms with van der Waals surface area (Å²) in [7, 11) is 0. The lowest BCUT2D eigenvalue weighted by Gasteiger charge is -2.29. The number of aryl methyl sites for hydroxylation is 1. The van der Waals surface area contributed by atoms with Gasteiger partial charge in [-0.25, -0.2) is 4.98 Å². The number of hydrogen-bond donors (Lipinski definition) is 1. The first kappa shape index (κ1) is 31.1. The molecule has 0 radical (unpaired) electrons. The molecule has 2 unspecified atom stereocenters. The minimum absolute atomic E-state index is 0. The quantitative estimate of drug-likeness (QED) is 0.420. The topological polar surface area (TPSA) is 95.5 Å². The third-order valence-electron chi connectivity index (χ3n) is 8.05. The number of aromatic nitrogens is 2. The van der Waals surface area contributed by atoms with Crippen LogP contribution >= 0.6 is 36.2 Å². The first-order valence-electron chi connectivity index (χ1n) is 12.7. The van der Waals surface area contributed by atoms with Crippen LogP contribution < -0.4 is 5.32 Å². The molecule has 5 heterocycles. The molecule has 220 valence electrons. The van der Waals surface area contributed by atoms with Crippen molar-refractivity contribution in [1.29, 1.82) is 0 Å². The normalized spacial score (nSPS) is 21.4. The van der Waals surface area contributed by atoms with E-state index in [1.54, 1.807) is 17.0 Å². The van der Waals surface area contributed by atoms with E-state index in [-0.39, 0.29) is 83.2 Å². The number of piperazine rings is 1. The molecule has 3 amide bonds. The molecule has 1 aliphatic carbocycles. The molecule has 8 nitrogen and oxygen atoms in total. The van der Waals surface area contributed by atoms with Gasteiger partial charge in [-0.3, -0.25) is 24.3 Å². The summed E-state index contributed by atoms with van der Waals surface area (Å²) in [5.41, 5.74) is -0.291. The molecule has 14 heteroatoms. The van der Waals surface area contributed by atoms with Crippen molar-refractivity contribution in [3.63, 3.8) is 0 Å². The molecule has 6 rings (SSSR count). The highest BCUT2D eigenvalue weighted by Gasteiger charge is 2.72. The van der Waals surface area contributed by atoms with Crippen molar-refractivity contribution in [3.05, 3.63) is 46.1 Å². The zero-order chi connectivity index (χ0) is 27.9. The van der Waals surface area contributed by atoms with Gasteiger partial charge in [0.2, 0.25) is 11.8 Å². The number of piperidine rings is 1. The van der Waals surface area contributed by atoms with E-state index in [1.165, 1.54) is 29.4 Å². The van der Waals surface area contributed by atoms with E-state index in [9.17, 15) is 27.6 Å². The number of imide groups is 1. The van der Waals surface area contributed by atoms with Crippen LogP contribution in [0, 0.1) is 24.2 Å². The lowest BCUT2D eigenvalue weighted by molar-refractivity contribution is -0.144. The number of thiophene rings is 1. The summed E-state index contributed by atoms with van der Waals surface area (Å²) < 4.78 is 42.0. The molecule has 3 fully saturated rings. The Morgan fingerprint density at radius 2 is 1.76 bits per heavy atom. The number of amides is 3. The van der Waals surface area contributed by atoms with Gasteiger partial charge in [0, 0.05) is 42.8 Å². The number of nitrogens with one attached hydrogen (secondary N) is 1. The number of alkyl halides is 3. The van der Waals surface area contributed by atoms with Crippen molar-refractivity contribution in [2.24, 2.45) is 17.3 Å². The smallest absolute Gasteiger partial charge is 0.336 e. The van der Waals surface area contributed by atoms with Crippen molar-refractivity contribution < 1.29 is 27.6 Å². The molecular weight excluding hydrogens is 602 g/mol. The summed E-state index contributed by atoms with van der Waals surface area (Å²) in [5.74, 6) is -1.37. The number of carbonyl (C=O) groups is 3. The fourth-order valence-electron chi connectivity index (χ4n) is 5.88. The maximum absolute atomic E-state index is 13.8. The zero-order valence-corrected chi connectivity index (χ0v) is 24.8. The minimum atomic E-state index is -4.70. The van der Waals surface area contributed by atoms with Crippen LogP contribution in [0.15, 0.2) is 24.4 Å². The summed E-state index contributed by atoms with van der Waals surface area (Å²) >= 11 is 1.24. The third-order valence-corrected chi connectivity index (χ3v) is 9.19. The Hall–Kier alpha value is -2.80. The van der Waals surface area contributed by atoms with Crippen LogP contribution in [0.4, 0.5) is 13.2 Å². The molecule has 1 N–H and O–H groups in total. The van der Waals surface area contributed by atoms with Crippen molar-refractivity contribution >= 4 is 64.1 Å². The minimum Gasteiger partial charge on any atom is -0.336 e. The highest BCUT2D eigenvalue weighted by molar-refractivity contribution is 7.19. The fraction of sp³-hybridized carbons (Fsp3) is 0.444. The molecule has 41 heavy (non-hydrogen) atoms. The van der Waals surface area contributed by atoms with Gasteiger partial charge in [0.1, 0.15) is 5.69 Å². The van der Waals surface area contributed by atoms with Crippen LogP contribution in [0.2, 0.25) is 0 Å². The maximum atomic E-state index is 13.8. The lowest BCUT2D eigenvalue weighted by atomic mass is 9.99. The van der Waals surface area contributed by atoms with Gasteiger partial charge in [0.25, 0.3) is 5.91 Å². The first-order chi connectivity index (χ1) is 18.4. The van der Waals surface area contributed by atoms with E-state index in [4.69, 9.17) is 0 Å². The van der Waals surface area contributed by atoms with Crippen LogP contribution in [0.25, 0.3) is 21.5 Å². The van der Waals surface area contributed by atoms with E-state index in [1.807, 2.05) is 13.8 Å². The Bertz CT molecular complexity index is 1530.